The fourth-order valence-corrected chi connectivity index (χ4v) is 2.79. The predicted octanol–water partition coefficient (Wildman–Crippen LogP) is 4.80. The molecule has 4 heterocycles. The van der Waals surface area contributed by atoms with Crippen molar-refractivity contribution in [2.24, 2.45) is 15.9 Å². The standard InChI is InChI=1S/C23H28N2O2/c1-19-11-15-26-22-7-3-20(4-8-22)17-24-13-2-14-25-18-21-5-9-23(10-6-21)27-16-12-19/h3-10,17-19H,2,11-16H2,1H3. The Morgan fingerprint density at radius 3 is 1.59 bits per heavy atom. The van der Waals surface area contributed by atoms with Crippen LogP contribution in [0.2, 0.25) is 0 Å². The van der Waals surface area contributed by atoms with Gasteiger partial charge in [0.2, 0.25) is 0 Å². The molecule has 0 spiro atoms. The smallest absolute Gasteiger partial charge is 0.119 e. The van der Waals surface area contributed by atoms with Crippen LogP contribution < -0.4 is 9.47 Å². The SMILES string of the molecule is CC1CCOc2ccc(cc2)C=NCCCN=Cc2ccc(cc2)OCC1. The minimum absolute atomic E-state index is 0.556. The van der Waals surface area contributed by atoms with Gasteiger partial charge in [0.25, 0.3) is 0 Å². The molecular weight excluding hydrogens is 336 g/mol. The Bertz CT molecular complexity index is 672. The first kappa shape index (κ1) is 19.2. The number of benzene rings is 2. The van der Waals surface area contributed by atoms with Crippen molar-refractivity contribution in [2.75, 3.05) is 26.3 Å². The van der Waals surface area contributed by atoms with Crippen LogP contribution in [0, 0.1) is 5.92 Å². The van der Waals surface area contributed by atoms with E-state index >= 15 is 0 Å². The molecule has 0 radical (unpaired) electrons. The minimum atomic E-state index is 0.556. The van der Waals surface area contributed by atoms with Crippen LogP contribution >= 0.6 is 0 Å². The third-order valence-electron chi connectivity index (χ3n) is 4.57. The van der Waals surface area contributed by atoms with E-state index in [9.17, 15) is 0 Å². The highest BCUT2D eigenvalue weighted by atomic mass is 16.5. The van der Waals surface area contributed by atoms with Crippen LogP contribution in [0.15, 0.2) is 58.5 Å². The van der Waals surface area contributed by atoms with Crippen molar-refractivity contribution in [3.05, 3.63) is 59.7 Å². The van der Waals surface area contributed by atoms with E-state index < -0.39 is 0 Å². The van der Waals surface area contributed by atoms with Crippen molar-refractivity contribution in [3.8, 4) is 11.5 Å². The topological polar surface area (TPSA) is 43.2 Å². The van der Waals surface area contributed by atoms with Gasteiger partial charge >= 0.3 is 0 Å². The molecule has 0 amide bonds. The molecule has 4 heteroatoms. The van der Waals surface area contributed by atoms with Crippen LogP contribution in [0.5, 0.6) is 11.5 Å². The quantitative estimate of drug-likeness (QED) is 0.674. The molecule has 0 fully saturated rings. The molecule has 0 saturated heterocycles. The highest BCUT2D eigenvalue weighted by Gasteiger charge is 2.04. The second kappa shape index (κ2) is 10.5. The Morgan fingerprint density at radius 1 is 0.704 bits per heavy atom. The third-order valence-corrected chi connectivity index (χ3v) is 4.57. The number of hydrogen-bond acceptors (Lipinski definition) is 4. The molecule has 27 heavy (non-hydrogen) atoms. The van der Waals surface area contributed by atoms with Crippen molar-refractivity contribution >= 4 is 12.4 Å². The zero-order valence-electron chi connectivity index (χ0n) is 16.0. The fraction of sp³-hybridized carbons (Fsp3) is 0.391. The molecular formula is C23H28N2O2. The molecule has 0 saturated carbocycles. The van der Waals surface area contributed by atoms with Crippen LogP contribution in [0.3, 0.4) is 0 Å². The average Bonchev–Trinajstić information content (AvgIpc) is 2.69. The van der Waals surface area contributed by atoms with Crippen LogP contribution in [0.4, 0.5) is 0 Å². The Kier molecular flexibility index (Phi) is 7.45. The summed E-state index contributed by atoms with van der Waals surface area (Å²) in [5.74, 6) is 2.38. The summed E-state index contributed by atoms with van der Waals surface area (Å²) in [6, 6.07) is 16.2. The van der Waals surface area contributed by atoms with Gasteiger partial charge in [0.15, 0.2) is 0 Å². The van der Waals surface area contributed by atoms with Gasteiger partial charge in [-0.15, -0.1) is 0 Å². The minimum Gasteiger partial charge on any atom is -0.494 e. The van der Waals surface area contributed by atoms with E-state index in [-0.39, 0.29) is 0 Å². The first-order valence-electron chi connectivity index (χ1n) is 9.75. The highest BCUT2D eigenvalue weighted by Crippen LogP contribution is 2.16. The van der Waals surface area contributed by atoms with Crippen LogP contribution in [-0.2, 0) is 0 Å². The van der Waals surface area contributed by atoms with Gasteiger partial charge in [-0.2, -0.15) is 0 Å². The molecule has 0 aromatic heterocycles. The average molecular weight is 364 g/mol. The molecule has 0 aliphatic carbocycles. The summed E-state index contributed by atoms with van der Waals surface area (Å²) in [6.07, 6.45) is 6.80. The lowest BCUT2D eigenvalue weighted by Crippen LogP contribution is -2.08. The van der Waals surface area contributed by atoms with Crippen molar-refractivity contribution < 1.29 is 9.47 Å². The van der Waals surface area contributed by atoms with Crippen molar-refractivity contribution in [1.82, 2.24) is 0 Å². The number of nitrogens with zero attached hydrogens (tertiary/aromatic N) is 2. The molecule has 0 N–H and O–H groups in total. The van der Waals surface area contributed by atoms with E-state index in [1.165, 1.54) is 0 Å². The molecule has 6 rings (SSSR count). The van der Waals surface area contributed by atoms with Gasteiger partial charge in [-0.1, -0.05) is 6.92 Å². The lowest BCUT2D eigenvalue weighted by atomic mass is 10.1. The van der Waals surface area contributed by atoms with E-state index in [0.29, 0.717) is 5.92 Å². The molecule has 142 valence electrons. The third kappa shape index (κ3) is 6.89. The van der Waals surface area contributed by atoms with Gasteiger partial charge in [-0.05, 0) is 84.8 Å². The first-order valence-corrected chi connectivity index (χ1v) is 9.75. The molecule has 0 unspecified atom stereocenters. The summed E-state index contributed by atoms with van der Waals surface area (Å²) < 4.78 is 11.7. The summed E-state index contributed by atoms with van der Waals surface area (Å²) in [7, 11) is 0. The first-order chi connectivity index (χ1) is 13.3. The van der Waals surface area contributed by atoms with Gasteiger partial charge in [-0.3, -0.25) is 9.98 Å². The largest absolute Gasteiger partial charge is 0.494 e. The zero-order valence-corrected chi connectivity index (χ0v) is 16.0. The number of hydrogen-bond donors (Lipinski definition) is 0. The van der Waals surface area contributed by atoms with Crippen LogP contribution in [0.25, 0.3) is 0 Å². The second-order valence-electron chi connectivity index (χ2n) is 6.94. The Morgan fingerprint density at radius 2 is 1.15 bits per heavy atom. The number of rotatable bonds is 0. The van der Waals surface area contributed by atoms with Crippen LogP contribution in [0.1, 0.15) is 37.3 Å². The zero-order chi connectivity index (χ0) is 18.7. The lowest BCUT2D eigenvalue weighted by Gasteiger charge is -2.13. The molecule has 4 nitrogen and oxygen atoms in total. The van der Waals surface area contributed by atoms with Crippen molar-refractivity contribution in [1.29, 1.82) is 0 Å². The summed E-state index contributed by atoms with van der Waals surface area (Å²) in [6.45, 7) is 5.25. The molecule has 2 aromatic carbocycles. The fourth-order valence-electron chi connectivity index (χ4n) is 2.79. The van der Waals surface area contributed by atoms with Gasteiger partial charge in [0, 0.05) is 25.5 Å². The maximum Gasteiger partial charge on any atom is 0.119 e. The molecule has 4 aliphatic heterocycles. The highest BCUT2D eigenvalue weighted by molar-refractivity contribution is 5.80. The summed E-state index contributed by atoms with van der Waals surface area (Å²) in [5.41, 5.74) is 2.19. The van der Waals surface area contributed by atoms with Gasteiger partial charge in [0.05, 0.1) is 13.2 Å². The molecule has 2 aromatic rings. The Labute approximate surface area is 162 Å². The Balaban J connectivity index is 1.62. The summed E-state index contributed by atoms with van der Waals surface area (Å²) >= 11 is 0. The van der Waals surface area contributed by atoms with E-state index in [1.807, 2.05) is 61.0 Å². The van der Waals surface area contributed by atoms with E-state index in [4.69, 9.17) is 9.47 Å². The summed E-state index contributed by atoms with van der Waals surface area (Å²) in [4.78, 5) is 8.95. The number of ether oxygens (including phenoxy) is 2. The van der Waals surface area contributed by atoms with Crippen molar-refractivity contribution in [3.63, 3.8) is 0 Å². The predicted molar refractivity (Wildman–Crippen MR) is 112 cm³/mol. The molecule has 4 aliphatic rings. The maximum atomic E-state index is 5.86. The van der Waals surface area contributed by atoms with Crippen molar-refractivity contribution in [2.45, 2.75) is 26.2 Å². The van der Waals surface area contributed by atoms with E-state index in [1.54, 1.807) is 0 Å². The Hall–Kier alpha value is -2.62. The molecule has 4 bridgehead atoms. The van der Waals surface area contributed by atoms with Gasteiger partial charge in [-0.25, -0.2) is 0 Å². The number of aliphatic imine (C=N–C) groups is 2. The monoisotopic (exact) mass is 364 g/mol. The van der Waals surface area contributed by atoms with Crippen LogP contribution in [-0.4, -0.2) is 38.7 Å². The van der Waals surface area contributed by atoms with E-state index in [0.717, 1.165) is 68.2 Å². The van der Waals surface area contributed by atoms with E-state index in [2.05, 4.69) is 16.9 Å². The summed E-state index contributed by atoms with van der Waals surface area (Å²) in [5, 5.41) is 0. The molecule has 0 atom stereocenters. The maximum absolute atomic E-state index is 5.86. The lowest BCUT2D eigenvalue weighted by molar-refractivity contribution is 0.245. The second-order valence-corrected chi connectivity index (χ2v) is 6.94. The van der Waals surface area contributed by atoms with Gasteiger partial charge in [0.1, 0.15) is 11.5 Å². The van der Waals surface area contributed by atoms with Gasteiger partial charge < -0.3 is 9.47 Å². The normalized spacial score (nSPS) is 18.9.